The number of rotatable bonds is 7. The molecule has 35 heavy (non-hydrogen) atoms. The predicted octanol–water partition coefficient (Wildman–Crippen LogP) is 6.88. The molecule has 0 radical (unpaired) electrons. The molecule has 0 atom stereocenters. The van der Waals surface area contributed by atoms with Crippen molar-refractivity contribution in [2.24, 2.45) is 0 Å². The van der Waals surface area contributed by atoms with E-state index in [1.165, 1.54) is 25.7 Å². The first-order chi connectivity index (χ1) is 17.2. The number of fused-ring (bicyclic) bond motifs is 1. The summed E-state index contributed by atoms with van der Waals surface area (Å²) in [5, 5.41) is 4.91. The zero-order valence-corrected chi connectivity index (χ0v) is 21.2. The highest BCUT2D eigenvalue weighted by molar-refractivity contribution is 7.98. The van der Waals surface area contributed by atoms with Crippen LogP contribution in [0.3, 0.4) is 0 Å². The van der Waals surface area contributed by atoms with E-state index in [4.69, 9.17) is 16.6 Å². The second-order valence-electron chi connectivity index (χ2n) is 9.12. The largest absolute Gasteiger partial charge is 0.349 e. The molecule has 0 unspecified atom stereocenters. The van der Waals surface area contributed by atoms with Gasteiger partial charge in [0.1, 0.15) is 0 Å². The van der Waals surface area contributed by atoms with Gasteiger partial charge in [-0.2, -0.15) is 0 Å². The predicted molar refractivity (Wildman–Crippen MR) is 143 cm³/mol. The number of imidazole rings is 1. The average Bonchev–Trinajstić information content (AvgIpc) is 3.02. The zero-order valence-electron chi connectivity index (χ0n) is 19.6. The van der Waals surface area contributed by atoms with E-state index >= 15 is 0 Å². The normalized spacial score (nSPS) is 14.7. The van der Waals surface area contributed by atoms with Gasteiger partial charge in [0.25, 0.3) is 5.91 Å². The van der Waals surface area contributed by atoms with E-state index in [9.17, 15) is 4.79 Å². The van der Waals surface area contributed by atoms with Crippen molar-refractivity contribution in [2.45, 2.75) is 62.0 Å². The highest BCUT2D eigenvalue weighted by atomic mass is 35.5. The number of hydrogen-bond donors (Lipinski definition) is 1. The van der Waals surface area contributed by atoms with Crippen LogP contribution in [-0.4, -0.2) is 26.5 Å². The first-order valence-corrected chi connectivity index (χ1v) is 13.6. The Balaban J connectivity index is 1.31. The van der Waals surface area contributed by atoms with Crippen molar-refractivity contribution in [3.63, 3.8) is 0 Å². The van der Waals surface area contributed by atoms with Crippen LogP contribution >= 0.6 is 23.4 Å². The van der Waals surface area contributed by atoms with E-state index in [2.05, 4.69) is 20.9 Å². The molecule has 0 aliphatic heterocycles. The van der Waals surface area contributed by atoms with Crippen LogP contribution in [0.25, 0.3) is 11.0 Å². The number of carbonyl (C=O) groups excluding carboxylic acids is 1. The summed E-state index contributed by atoms with van der Waals surface area (Å²) < 4.78 is 2.19. The third kappa shape index (κ3) is 6.06. The maximum atomic E-state index is 12.8. The number of nitrogens with zero attached hydrogens (tertiary/aromatic N) is 3. The van der Waals surface area contributed by atoms with Crippen molar-refractivity contribution in [1.82, 2.24) is 19.9 Å². The number of carbonyl (C=O) groups is 1. The minimum absolute atomic E-state index is 0.0264. The average molecular weight is 505 g/mol. The van der Waals surface area contributed by atoms with Crippen LogP contribution < -0.4 is 5.32 Å². The fraction of sp³-hybridized carbons (Fsp3) is 0.321. The topological polar surface area (TPSA) is 59.8 Å². The van der Waals surface area contributed by atoms with Crippen LogP contribution in [0.1, 0.15) is 60.0 Å². The van der Waals surface area contributed by atoms with Gasteiger partial charge in [-0.3, -0.25) is 9.78 Å². The highest BCUT2D eigenvalue weighted by Crippen LogP contribution is 2.28. The van der Waals surface area contributed by atoms with Gasteiger partial charge in [0.15, 0.2) is 5.16 Å². The SMILES string of the molecule is O=C(NC1CCCCCC1)c1ccc(Cn2c(SCc3cccc(Cl)c3)nc3ccncc32)cc1. The summed E-state index contributed by atoms with van der Waals surface area (Å²) in [5.41, 5.74) is 4.90. The third-order valence-electron chi connectivity index (χ3n) is 6.52. The van der Waals surface area contributed by atoms with Crippen LogP contribution in [-0.2, 0) is 12.3 Å². The molecule has 5 nitrogen and oxygen atoms in total. The van der Waals surface area contributed by atoms with Crippen molar-refractivity contribution >= 4 is 40.3 Å². The maximum Gasteiger partial charge on any atom is 0.251 e. The summed E-state index contributed by atoms with van der Waals surface area (Å²) in [5.74, 6) is 0.802. The molecule has 1 aliphatic rings. The van der Waals surface area contributed by atoms with Gasteiger partial charge in [0.05, 0.1) is 23.8 Å². The third-order valence-corrected chi connectivity index (χ3v) is 7.80. The van der Waals surface area contributed by atoms with Gasteiger partial charge in [-0.1, -0.05) is 73.3 Å². The van der Waals surface area contributed by atoms with E-state index in [0.29, 0.717) is 18.2 Å². The van der Waals surface area contributed by atoms with Crippen LogP contribution in [0.15, 0.2) is 72.1 Å². The molecule has 1 saturated carbocycles. The summed E-state index contributed by atoms with van der Waals surface area (Å²) in [6, 6.07) is 18.1. The van der Waals surface area contributed by atoms with Gasteiger partial charge in [0.2, 0.25) is 0 Å². The number of pyridine rings is 1. The molecule has 5 rings (SSSR count). The molecule has 0 spiro atoms. The molecule has 0 saturated heterocycles. The van der Waals surface area contributed by atoms with E-state index in [0.717, 1.165) is 50.9 Å². The van der Waals surface area contributed by atoms with E-state index in [1.807, 2.05) is 54.7 Å². The molecule has 1 aliphatic carbocycles. The fourth-order valence-electron chi connectivity index (χ4n) is 4.62. The molecule has 1 fully saturated rings. The summed E-state index contributed by atoms with van der Waals surface area (Å²) in [4.78, 5) is 21.9. The molecule has 4 aromatic rings. The van der Waals surface area contributed by atoms with Gasteiger partial charge in [-0.05, 0) is 54.3 Å². The Bertz CT molecular complexity index is 1300. The van der Waals surface area contributed by atoms with Crippen molar-refractivity contribution in [3.8, 4) is 0 Å². The Kier molecular flexibility index (Phi) is 7.69. The first kappa shape index (κ1) is 23.9. The van der Waals surface area contributed by atoms with Gasteiger partial charge in [-0.25, -0.2) is 4.98 Å². The van der Waals surface area contributed by atoms with Gasteiger partial charge >= 0.3 is 0 Å². The summed E-state index contributed by atoms with van der Waals surface area (Å²) in [7, 11) is 0. The van der Waals surface area contributed by atoms with Crippen molar-refractivity contribution in [2.75, 3.05) is 0 Å². The molecule has 180 valence electrons. The molecular formula is C28H29ClN4OS. The first-order valence-electron chi connectivity index (χ1n) is 12.2. The number of halogens is 1. The van der Waals surface area contributed by atoms with Gasteiger partial charge in [-0.15, -0.1) is 0 Å². The van der Waals surface area contributed by atoms with Crippen LogP contribution in [0.4, 0.5) is 0 Å². The maximum absolute atomic E-state index is 12.8. The lowest BCUT2D eigenvalue weighted by Crippen LogP contribution is -2.34. The highest BCUT2D eigenvalue weighted by Gasteiger charge is 2.16. The van der Waals surface area contributed by atoms with E-state index in [1.54, 1.807) is 18.0 Å². The number of aromatic nitrogens is 3. The number of amides is 1. The molecule has 2 aromatic heterocycles. The molecule has 0 bridgehead atoms. The molecule has 1 N–H and O–H groups in total. The van der Waals surface area contributed by atoms with E-state index in [-0.39, 0.29) is 5.91 Å². The molecular weight excluding hydrogens is 476 g/mol. The lowest BCUT2D eigenvalue weighted by molar-refractivity contribution is 0.0933. The molecule has 1 amide bonds. The number of hydrogen-bond acceptors (Lipinski definition) is 4. The zero-order chi connectivity index (χ0) is 24.0. The summed E-state index contributed by atoms with van der Waals surface area (Å²) in [6.07, 6.45) is 10.8. The monoisotopic (exact) mass is 504 g/mol. The second-order valence-corrected chi connectivity index (χ2v) is 10.5. The second kappa shape index (κ2) is 11.3. The fourth-order valence-corrected chi connectivity index (χ4v) is 5.79. The van der Waals surface area contributed by atoms with Crippen LogP contribution in [0.5, 0.6) is 0 Å². The van der Waals surface area contributed by atoms with Crippen molar-refractivity contribution < 1.29 is 4.79 Å². The van der Waals surface area contributed by atoms with Gasteiger partial charge in [0, 0.05) is 28.6 Å². The minimum atomic E-state index is 0.0264. The number of benzene rings is 2. The van der Waals surface area contributed by atoms with Crippen molar-refractivity contribution in [1.29, 1.82) is 0 Å². The summed E-state index contributed by atoms with van der Waals surface area (Å²) >= 11 is 7.84. The lowest BCUT2D eigenvalue weighted by Gasteiger charge is -2.16. The molecule has 2 heterocycles. The van der Waals surface area contributed by atoms with E-state index < -0.39 is 0 Å². The Morgan fingerprint density at radius 1 is 1.03 bits per heavy atom. The van der Waals surface area contributed by atoms with Crippen molar-refractivity contribution in [3.05, 3.63) is 88.7 Å². The smallest absolute Gasteiger partial charge is 0.251 e. The Hall–Kier alpha value is -2.83. The Morgan fingerprint density at radius 3 is 2.60 bits per heavy atom. The standard InChI is InChI=1S/C28H29ClN4OS/c29-23-7-5-6-21(16-23)19-35-28-32-25-14-15-30-17-26(25)33(28)18-20-10-12-22(13-11-20)27(34)31-24-8-3-1-2-4-9-24/h5-7,10-17,24H,1-4,8-9,18-19H2,(H,31,34). The van der Waals surface area contributed by atoms with Crippen LogP contribution in [0, 0.1) is 0 Å². The summed E-state index contributed by atoms with van der Waals surface area (Å²) in [6.45, 7) is 0.657. The quantitative estimate of drug-likeness (QED) is 0.220. The molecule has 7 heteroatoms. The Labute approximate surface area is 215 Å². The minimum Gasteiger partial charge on any atom is -0.349 e. The van der Waals surface area contributed by atoms with Gasteiger partial charge < -0.3 is 9.88 Å². The molecule has 2 aromatic carbocycles. The Morgan fingerprint density at radius 2 is 1.83 bits per heavy atom. The number of thioether (sulfide) groups is 1. The lowest BCUT2D eigenvalue weighted by atomic mass is 10.1. The van der Waals surface area contributed by atoms with Crippen LogP contribution in [0.2, 0.25) is 5.02 Å². The number of nitrogens with one attached hydrogen (secondary N) is 1.